The van der Waals surface area contributed by atoms with Crippen molar-refractivity contribution >= 4 is 0 Å². The van der Waals surface area contributed by atoms with E-state index in [2.05, 4.69) is 36.7 Å². The summed E-state index contributed by atoms with van der Waals surface area (Å²) < 4.78 is 0. The van der Waals surface area contributed by atoms with Crippen LogP contribution in [-0.4, -0.2) is 11.7 Å². The summed E-state index contributed by atoms with van der Waals surface area (Å²) in [7, 11) is 0. The molecule has 0 aliphatic rings. The van der Waals surface area contributed by atoms with Gasteiger partial charge in [0.1, 0.15) is 6.61 Å². The first-order chi connectivity index (χ1) is 7.41. The molecule has 0 bridgehead atoms. The lowest BCUT2D eigenvalue weighted by atomic mass is 10.1. The molecule has 0 atom stereocenters. The van der Waals surface area contributed by atoms with Crippen molar-refractivity contribution in [3.05, 3.63) is 12.2 Å². The van der Waals surface area contributed by atoms with Gasteiger partial charge in [-0.15, -0.1) is 0 Å². The molecule has 0 aliphatic carbocycles. The average Bonchev–Trinajstić information content (AvgIpc) is 2.26. The Morgan fingerprint density at radius 1 is 1.07 bits per heavy atom. The lowest BCUT2D eigenvalue weighted by Gasteiger charge is -1.92. The van der Waals surface area contributed by atoms with E-state index in [4.69, 9.17) is 5.11 Å². The van der Waals surface area contributed by atoms with Crippen LogP contribution in [0.5, 0.6) is 0 Å². The predicted octanol–water partition coefficient (Wildman–Crippen LogP) is 2.90. The van der Waals surface area contributed by atoms with Gasteiger partial charge in [0.25, 0.3) is 0 Å². The summed E-state index contributed by atoms with van der Waals surface area (Å²) in [4.78, 5) is 0. The van der Waals surface area contributed by atoms with Gasteiger partial charge in [-0.05, 0) is 18.9 Å². The average molecular weight is 204 g/mol. The minimum Gasteiger partial charge on any atom is -0.384 e. The van der Waals surface area contributed by atoms with Gasteiger partial charge >= 0.3 is 0 Å². The van der Waals surface area contributed by atoms with Crippen molar-refractivity contribution in [2.75, 3.05) is 6.61 Å². The Kier molecular flexibility index (Phi) is 11.8. The van der Waals surface area contributed by atoms with Gasteiger partial charge in [0.05, 0.1) is 6.42 Å². The van der Waals surface area contributed by atoms with Gasteiger partial charge < -0.3 is 5.11 Å². The Hall–Kier alpha value is -1.18. The summed E-state index contributed by atoms with van der Waals surface area (Å²) in [6.45, 7) is 2.14. The molecular weight excluding hydrogens is 184 g/mol. The summed E-state index contributed by atoms with van der Waals surface area (Å²) in [6, 6.07) is 0. The molecule has 0 aromatic rings. The van der Waals surface area contributed by atoms with Crippen LogP contribution in [0.2, 0.25) is 0 Å². The second-order valence-corrected chi connectivity index (χ2v) is 3.26. The number of allylic oxidation sites excluding steroid dienone is 2. The Morgan fingerprint density at radius 3 is 2.67 bits per heavy atom. The Balaban J connectivity index is 3.36. The number of unbranched alkanes of at least 4 members (excludes halogenated alkanes) is 4. The summed E-state index contributed by atoms with van der Waals surface area (Å²) in [5, 5.41) is 8.37. The quantitative estimate of drug-likeness (QED) is 0.539. The zero-order valence-electron chi connectivity index (χ0n) is 9.55. The number of hydrogen-bond acceptors (Lipinski definition) is 1. The first-order valence-electron chi connectivity index (χ1n) is 5.61. The summed E-state index contributed by atoms with van der Waals surface area (Å²) >= 11 is 0. The van der Waals surface area contributed by atoms with Crippen LogP contribution in [0, 0.1) is 23.7 Å². The molecule has 0 aliphatic heterocycles. The van der Waals surface area contributed by atoms with Crippen molar-refractivity contribution in [1.29, 1.82) is 0 Å². The smallest absolute Gasteiger partial charge is 0.104 e. The minimum atomic E-state index is -0.0745. The van der Waals surface area contributed by atoms with Gasteiger partial charge in [-0.1, -0.05) is 55.9 Å². The number of aliphatic hydroxyl groups is 1. The SMILES string of the molecule is CCCCCCC=CC#CCC#CCO. The normalized spacial score (nSPS) is 9.20. The maximum Gasteiger partial charge on any atom is 0.104 e. The van der Waals surface area contributed by atoms with Crippen molar-refractivity contribution in [2.45, 2.75) is 45.4 Å². The van der Waals surface area contributed by atoms with Crippen LogP contribution in [0.4, 0.5) is 0 Å². The topological polar surface area (TPSA) is 20.2 Å². The van der Waals surface area contributed by atoms with Crippen molar-refractivity contribution in [3.8, 4) is 23.7 Å². The van der Waals surface area contributed by atoms with E-state index in [1.54, 1.807) is 0 Å². The molecule has 1 N–H and O–H groups in total. The number of hydrogen-bond donors (Lipinski definition) is 1. The van der Waals surface area contributed by atoms with Gasteiger partial charge in [0.2, 0.25) is 0 Å². The molecule has 0 rings (SSSR count). The Labute approximate surface area is 93.6 Å². The largest absolute Gasteiger partial charge is 0.384 e. The molecule has 0 aromatic carbocycles. The summed E-state index contributed by atoms with van der Waals surface area (Å²) in [6.07, 6.45) is 10.9. The fraction of sp³-hybridized carbons (Fsp3) is 0.571. The van der Waals surface area contributed by atoms with Crippen LogP contribution in [0.3, 0.4) is 0 Å². The van der Waals surface area contributed by atoms with Crippen LogP contribution in [0.15, 0.2) is 12.2 Å². The molecule has 0 aromatic heterocycles. The van der Waals surface area contributed by atoms with Gasteiger partial charge in [-0.3, -0.25) is 0 Å². The van der Waals surface area contributed by atoms with Crippen molar-refractivity contribution in [1.82, 2.24) is 0 Å². The molecule has 1 nitrogen and oxygen atoms in total. The van der Waals surface area contributed by atoms with Crippen molar-refractivity contribution < 1.29 is 5.11 Å². The summed E-state index contributed by atoms with van der Waals surface area (Å²) in [5.74, 6) is 11.1. The highest BCUT2D eigenvalue weighted by Crippen LogP contribution is 2.02. The second kappa shape index (κ2) is 12.8. The van der Waals surface area contributed by atoms with E-state index in [1.807, 2.05) is 6.08 Å². The maximum absolute atomic E-state index is 8.37. The molecule has 0 spiro atoms. The fourth-order valence-corrected chi connectivity index (χ4v) is 1.10. The minimum absolute atomic E-state index is 0.0745. The van der Waals surface area contributed by atoms with Crippen LogP contribution in [-0.2, 0) is 0 Å². The Morgan fingerprint density at radius 2 is 1.93 bits per heavy atom. The molecule has 15 heavy (non-hydrogen) atoms. The van der Waals surface area contributed by atoms with Crippen molar-refractivity contribution in [2.24, 2.45) is 0 Å². The van der Waals surface area contributed by atoms with E-state index >= 15 is 0 Å². The highest BCUT2D eigenvalue weighted by Gasteiger charge is 1.82. The first-order valence-corrected chi connectivity index (χ1v) is 5.61. The van der Waals surface area contributed by atoms with E-state index in [0.717, 1.165) is 6.42 Å². The third-order valence-corrected chi connectivity index (χ3v) is 1.91. The zero-order valence-corrected chi connectivity index (χ0v) is 9.55. The van der Waals surface area contributed by atoms with E-state index in [0.29, 0.717) is 6.42 Å². The molecule has 82 valence electrons. The van der Waals surface area contributed by atoms with Crippen LogP contribution < -0.4 is 0 Å². The lowest BCUT2D eigenvalue weighted by Crippen LogP contribution is -1.73. The molecular formula is C14H20O. The number of aliphatic hydroxyl groups excluding tert-OH is 1. The maximum atomic E-state index is 8.37. The van der Waals surface area contributed by atoms with Crippen LogP contribution in [0.25, 0.3) is 0 Å². The molecule has 0 radical (unpaired) electrons. The predicted molar refractivity (Wildman–Crippen MR) is 65.2 cm³/mol. The van der Waals surface area contributed by atoms with Gasteiger partial charge in [0, 0.05) is 0 Å². The molecule has 0 unspecified atom stereocenters. The molecule has 0 fully saturated rings. The van der Waals surface area contributed by atoms with Crippen LogP contribution in [0.1, 0.15) is 45.4 Å². The molecule has 1 heteroatoms. The Bertz CT molecular complexity index is 267. The third kappa shape index (κ3) is 12.8. The van der Waals surface area contributed by atoms with Crippen LogP contribution >= 0.6 is 0 Å². The van der Waals surface area contributed by atoms with E-state index < -0.39 is 0 Å². The van der Waals surface area contributed by atoms with E-state index in [9.17, 15) is 0 Å². The van der Waals surface area contributed by atoms with Crippen molar-refractivity contribution in [3.63, 3.8) is 0 Å². The molecule has 0 saturated carbocycles. The first kappa shape index (κ1) is 13.8. The lowest BCUT2D eigenvalue weighted by molar-refractivity contribution is 0.350. The van der Waals surface area contributed by atoms with Gasteiger partial charge in [-0.25, -0.2) is 0 Å². The molecule has 0 amide bonds. The van der Waals surface area contributed by atoms with Gasteiger partial charge in [-0.2, -0.15) is 0 Å². The molecule has 0 saturated heterocycles. The standard InChI is InChI=1S/C14H20O/c1-2-3-4-5-6-7-8-9-10-11-12-13-14-15/h7-8,15H,2-6,11,14H2,1H3. The number of rotatable bonds is 5. The van der Waals surface area contributed by atoms with E-state index in [1.165, 1.54) is 25.7 Å². The van der Waals surface area contributed by atoms with Gasteiger partial charge in [0.15, 0.2) is 0 Å². The molecule has 0 heterocycles. The highest BCUT2D eigenvalue weighted by molar-refractivity contribution is 5.19. The second-order valence-electron chi connectivity index (χ2n) is 3.26. The zero-order chi connectivity index (χ0) is 11.2. The fourth-order valence-electron chi connectivity index (χ4n) is 1.10. The van der Waals surface area contributed by atoms with E-state index in [-0.39, 0.29) is 6.61 Å². The highest BCUT2D eigenvalue weighted by atomic mass is 16.2. The summed E-state index contributed by atoms with van der Waals surface area (Å²) in [5.41, 5.74) is 0. The monoisotopic (exact) mass is 204 g/mol. The third-order valence-electron chi connectivity index (χ3n) is 1.91.